The fraction of sp³-hybridized carbons (Fsp3) is 0.421. The second-order valence-electron chi connectivity index (χ2n) is 7.23. The van der Waals surface area contributed by atoms with Crippen molar-refractivity contribution in [3.8, 4) is 6.07 Å². The van der Waals surface area contributed by atoms with Gasteiger partial charge in [0, 0.05) is 37.8 Å². The van der Waals surface area contributed by atoms with Crippen molar-refractivity contribution in [1.82, 2.24) is 14.6 Å². The van der Waals surface area contributed by atoms with Crippen molar-refractivity contribution in [2.75, 3.05) is 43.4 Å². The molecule has 10 nitrogen and oxygen atoms in total. The van der Waals surface area contributed by atoms with Gasteiger partial charge in [0.1, 0.15) is 6.07 Å². The van der Waals surface area contributed by atoms with Gasteiger partial charge in [-0.1, -0.05) is 6.07 Å². The second kappa shape index (κ2) is 7.97. The molecular formula is C19H22N6O4S. The number of hydrogen-bond acceptors (Lipinski definition) is 7. The first-order chi connectivity index (χ1) is 14.4. The molecule has 4 rings (SSSR count). The average Bonchev–Trinajstić information content (AvgIpc) is 3.52. The third-order valence-corrected chi connectivity index (χ3v) is 6.59. The summed E-state index contributed by atoms with van der Waals surface area (Å²) in [5.74, 6) is 1.42. The molecule has 30 heavy (non-hydrogen) atoms. The van der Waals surface area contributed by atoms with Gasteiger partial charge < -0.3 is 19.5 Å². The van der Waals surface area contributed by atoms with Crippen LogP contribution in [0.25, 0.3) is 0 Å². The Kier molecular flexibility index (Phi) is 5.36. The van der Waals surface area contributed by atoms with Crippen molar-refractivity contribution >= 4 is 27.6 Å². The summed E-state index contributed by atoms with van der Waals surface area (Å²) in [5.41, 5.74) is 0.687. The van der Waals surface area contributed by atoms with E-state index in [1.807, 2.05) is 4.90 Å². The number of nitriles is 1. The van der Waals surface area contributed by atoms with Crippen LogP contribution in [0.3, 0.4) is 0 Å². The molecule has 2 N–H and O–H groups in total. The fourth-order valence-electron chi connectivity index (χ4n) is 3.29. The van der Waals surface area contributed by atoms with Crippen LogP contribution < -0.4 is 14.9 Å². The van der Waals surface area contributed by atoms with E-state index >= 15 is 0 Å². The highest BCUT2D eigenvalue weighted by Gasteiger charge is 2.32. The van der Waals surface area contributed by atoms with Gasteiger partial charge in [0.25, 0.3) is 0 Å². The summed E-state index contributed by atoms with van der Waals surface area (Å²) >= 11 is 0. The lowest BCUT2D eigenvalue weighted by molar-refractivity contribution is 0.207. The lowest BCUT2D eigenvalue weighted by Crippen LogP contribution is -2.50. The van der Waals surface area contributed by atoms with Crippen molar-refractivity contribution in [2.45, 2.75) is 23.7 Å². The molecule has 0 atom stereocenters. The molecule has 1 aromatic heterocycles. The molecule has 0 unspecified atom stereocenters. The number of piperazine rings is 1. The van der Waals surface area contributed by atoms with Gasteiger partial charge in [-0.3, -0.25) is 0 Å². The molecule has 2 heterocycles. The molecule has 1 saturated heterocycles. The minimum absolute atomic E-state index is 0.0773. The molecular weight excluding hydrogens is 408 g/mol. The van der Waals surface area contributed by atoms with E-state index in [1.165, 1.54) is 19.2 Å². The largest absolute Gasteiger partial charge is 0.423 e. The number of oxazole rings is 1. The maximum Gasteiger partial charge on any atom is 0.321 e. The molecule has 2 fully saturated rings. The Morgan fingerprint density at radius 3 is 2.63 bits per heavy atom. The number of rotatable bonds is 5. The number of hydrogen-bond donors (Lipinski definition) is 2. The Morgan fingerprint density at radius 2 is 2.00 bits per heavy atom. The van der Waals surface area contributed by atoms with Crippen molar-refractivity contribution in [3.05, 3.63) is 35.9 Å². The molecule has 1 saturated carbocycles. The van der Waals surface area contributed by atoms with Crippen LogP contribution in [0.5, 0.6) is 0 Å². The third kappa shape index (κ3) is 4.10. The van der Waals surface area contributed by atoms with E-state index < -0.39 is 10.0 Å². The number of anilines is 2. The summed E-state index contributed by atoms with van der Waals surface area (Å²) in [6.45, 7) is 1.89. The third-order valence-electron chi connectivity index (χ3n) is 5.18. The summed E-state index contributed by atoms with van der Waals surface area (Å²) in [4.78, 5) is 20.6. The normalized spacial score (nSPS) is 16.9. The zero-order valence-corrected chi connectivity index (χ0v) is 17.3. The second-order valence-corrected chi connectivity index (χ2v) is 9.12. The first kappa shape index (κ1) is 20.2. The topological polar surface area (TPSA) is 132 Å². The molecule has 0 spiro atoms. The lowest BCUT2D eigenvalue weighted by Gasteiger charge is -2.34. The Labute approximate surface area is 174 Å². The lowest BCUT2D eigenvalue weighted by atomic mass is 10.3. The molecule has 2 amide bonds. The maximum absolute atomic E-state index is 12.6. The van der Waals surface area contributed by atoms with Crippen molar-refractivity contribution in [3.63, 3.8) is 0 Å². The molecule has 2 aliphatic rings. The number of aromatic nitrogens is 1. The Bertz CT molecular complexity index is 1090. The summed E-state index contributed by atoms with van der Waals surface area (Å²) < 4.78 is 31.9. The highest BCUT2D eigenvalue weighted by molar-refractivity contribution is 7.89. The predicted octanol–water partition coefficient (Wildman–Crippen LogP) is 1.69. The van der Waals surface area contributed by atoms with Gasteiger partial charge >= 0.3 is 6.03 Å². The zero-order chi connectivity index (χ0) is 21.3. The molecule has 1 aliphatic carbocycles. The predicted molar refractivity (Wildman–Crippen MR) is 109 cm³/mol. The van der Waals surface area contributed by atoms with Gasteiger partial charge in [-0.25, -0.2) is 22.9 Å². The molecule has 11 heteroatoms. The van der Waals surface area contributed by atoms with E-state index in [0.29, 0.717) is 49.6 Å². The van der Waals surface area contributed by atoms with Crippen LogP contribution in [0, 0.1) is 11.3 Å². The van der Waals surface area contributed by atoms with Crippen LogP contribution in [0.4, 0.5) is 16.4 Å². The summed E-state index contributed by atoms with van der Waals surface area (Å²) in [6.07, 6.45) is 2.07. The monoisotopic (exact) mass is 430 g/mol. The summed E-state index contributed by atoms with van der Waals surface area (Å²) in [6, 6.07) is 7.85. The number of amides is 2. The summed E-state index contributed by atoms with van der Waals surface area (Å²) in [7, 11) is -2.26. The standard InChI is InChI=1S/C19H22N6O4S/c1-21-30(27,28)15-4-2-3-14(11-15)22-19(26)25-9-7-24(8-10-25)18-16(12-20)23-17(29-18)13-5-6-13/h2-4,11,13,21H,5-10H2,1H3,(H,22,26). The molecule has 0 radical (unpaired) electrons. The van der Waals surface area contributed by atoms with Crippen LogP contribution in [0.2, 0.25) is 0 Å². The van der Waals surface area contributed by atoms with Gasteiger partial charge in [-0.15, -0.1) is 0 Å². The molecule has 158 valence electrons. The van der Waals surface area contributed by atoms with Crippen LogP contribution >= 0.6 is 0 Å². The van der Waals surface area contributed by atoms with Crippen LogP contribution in [0.15, 0.2) is 33.6 Å². The van der Waals surface area contributed by atoms with Gasteiger partial charge in [0.2, 0.25) is 27.5 Å². The van der Waals surface area contributed by atoms with Crippen LogP contribution in [-0.4, -0.2) is 57.6 Å². The fourth-order valence-corrected chi connectivity index (χ4v) is 4.07. The number of benzene rings is 1. The molecule has 2 aromatic rings. The van der Waals surface area contributed by atoms with Gasteiger partial charge in [0.15, 0.2) is 0 Å². The SMILES string of the molecule is CNS(=O)(=O)c1cccc(NC(=O)N2CCN(c3oc(C4CC4)nc3C#N)CC2)c1. The van der Waals surface area contributed by atoms with Gasteiger partial charge in [0.05, 0.1) is 4.90 Å². The first-order valence-electron chi connectivity index (χ1n) is 9.66. The molecule has 0 bridgehead atoms. The quantitative estimate of drug-likeness (QED) is 0.738. The Hall–Kier alpha value is -3.10. The highest BCUT2D eigenvalue weighted by atomic mass is 32.2. The van der Waals surface area contributed by atoms with E-state index in [4.69, 9.17) is 4.42 Å². The highest BCUT2D eigenvalue weighted by Crippen LogP contribution is 2.41. The van der Waals surface area contributed by atoms with E-state index in [9.17, 15) is 18.5 Å². The van der Waals surface area contributed by atoms with E-state index in [-0.39, 0.29) is 16.6 Å². The zero-order valence-electron chi connectivity index (χ0n) is 16.5. The Morgan fingerprint density at radius 1 is 1.27 bits per heavy atom. The number of nitrogens with zero attached hydrogens (tertiary/aromatic N) is 4. The number of nitrogens with one attached hydrogen (secondary N) is 2. The van der Waals surface area contributed by atoms with Gasteiger partial charge in [-0.05, 0) is 38.1 Å². The van der Waals surface area contributed by atoms with Crippen molar-refractivity contribution < 1.29 is 17.6 Å². The minimum Gasteiger partial charge on any atom is -0.423 e. The van der Waals surface area contributed by atoms with Crippen LogP contribution in [-0.2, 0) is 10.0 Å². The number of carbonyl (C=O) groups excluding carboxylic acids is 1. The minimum atomic E-state index is -3.59. The number of carbonyl (C=O) groups is 1. The average molecular weight is 430 g/mol. The molecule has 1 aromatic carbocycles. The number of sulfonamides is 1. The van der Waals surface area contributed by atoms with Gasteiger partial charge in [-0.2, -0.15) is 5.26 Å². The van der Waals surface area contributed by atoms with E-state index in [0.717, 1.165) is 12.8 Å². The van der Waals surface area contributed by atoms with E-state index in [1.54, 1.807) is 17.0 Å². The smallest absolute Gasteiger partial charge is 0.321 e. The Balaban J connectivity index is 1.38. The molecule has 1 aliphatic heterocycles. The van der Waals surface area contributed by atoms with Crippen LogP contribution in [0.1, 0.15) is 30.3 Å². The summed E-state index contributed by atoms with van der Waals surface area (Å²) in [5, 5.41) is 12.1. The first-order valence-corrected chi connectivity index (χ1v) is 11.1. The van der Waals surface area contributed by atoms with Crippen molar-refractivity contribution in [2.24, 2.45) is 0 Å². The maximum atomic E-state index is 12.6. The number of urea groups is 1. The van der Waals surface area contributed by atoms with E-state index in [2.05, 4.69) is 21.1 Å². The van der Waals surface area contributed by atoms with Crippen molar-refractivity contribution in [1.29, 1.82) is 5.26 Å².